The van der Waals surface area contributed by atoms with Gasteiger partial charge in [-0.2, -0.15) is 4.98 Å². The first kappa shape index (κ1) is 14.4. The second kappa shape index (κ2) is 5.57. The Morgan fingerprint density at radius 2 is 1.72 bits per heavy atom. The highest BCUT2D eigenvalue weighted by molar-refractivity contribution is 9.10. The van der Waals surface area contributed by atoms with E-state index in [0.717, 1.165) is 31.7 Å². The third-order valence-corrected chi connectivity index (χ3v) is 4.61. The molecule has 0 saturated carbocycles. The minimum absolute atomic E-state index is 0.415. The van der Waals surface area contributed by atoms with Crippen molar-refractivity contribution in [1.82, 2.24) is 9.97 Å². The van der Waals surface area contributed by atoms with Gasteiger partial charge in [0.2, 0.25) is 5.58 Å². The molecule has 5 rings (SSSR count). The maximum absolute atomic E-state index is 6.00. The van der Waals surface area contributed by atoms with E-state index in [4.69, 9.17) is 9.15 Å². The fraction of sp³-hybridized carbons (Fsp3) is 0. The zero-order valence-electron chi connectivity index (χ0n) is 12.9. The molecule has 0 spiro atoms. The molecule has 0 fully saturated rings. The van der Waals surface area contributed by atoms with Gasteiger partial charge in [-0.15, -0.1) is 0 Å². The normalized spacial score (nSPS) is 11.4. The Morgan fingerprint density at radius 1 is 0.880 bits per heavy atom. The van der Waals surface area contributed by atoms with Gasteiger partial charge >= 0.3 is 0 Å². The van der Waals surface area contributed by atoms with Crippen LogP contribution in [-0.4, -0.2) is 9.97 Å². The van der Waals surface area contributed by atoms with Crippen LogP contribution in [0.3, 0.4) is 0 Å². The molecule has 0 atom stereocenters. The van der Waals surface area contributed by atoms with Crippen LogP contribution in [0.15, 0.2) is 75.9 Å². The molecule has 0 bridgehead atoms. The van der Waals surface area contributed by atoms with Crippen LogP contribution < -0.4 is 4.74 Å². The summed E-state index contributed by atoms with van der Waals surface area (Å²) in [6.07, 6.45) is 1.50. The predicted octanol–water partition coefficient (Wildman–Crippen LogP) is 6.08. The SMILES string of the molecule is Brc1ccc2cc(Oc3ncnc4c3oc3ccccc34)ccc2c1. The van der Waals surface area contributed by atoms with Crippen LogP contribution in [0.2, 0.25) is 0 Å². The van der Waals surface area contributed by atoms with Crippen LogP contribution in [0.4, 0.5) is 0 Å². The summed E-state index contributed by atoms with van der Waals surface area (Å²) in [6.45, 7) is 0. The lowest BCUT2D eigenvalue weighted by Gasteiger charge is -2.06. The van der Waals surface area contributed by atoms with Crippen LogP contribution in [0, 0.1) is 0 Å². The van der Waals surface area contributed by atoms with E-state index in [-0.39, 0.29) is 0 Å². The van der Waals surface area contributed by atoms with Gasteiger partial charge in [-0.3, -0.25) is 0 Å². The van der Waals surface area contributed by atoms with Crippen molar-refractivity contribution in [2.45, 2.75) is 0 Å². The zero-order chi connectivity index (χ0) is 16.8. The molecule has 0 unspecified atom stereocenters. The molecule has 0 aliphatic heterocycles. The summed E-state index contributed by atoms with van der Waals surface area (Å²) >= 11 is 3.49. The van der Waals surface area contributed by atoms with Crippen molar-refractivity contribution in [3.05, 3.63) is 71.5 Å². The van der Waals surface area contributed by atoms with E-state index in [0.29, 0.717) is 17.2 Å². The lowest BCUT2D eigenvalue weighted by molar-refractivity contribution is 0.457. The molecule has 0 aliphatic rings. The summed E-state index contributed by atoms with van der Waals surface area (Å²) in [5, 5.41) is 3.18. The van der Waals surface area contributed by atoms with Gasteiger partial charge in [0.25, 0.3) is 5.88 Å². The molecule has 5 heteroatoms. The zero-order valence-corrected chi connectivity index (χ0v) is 14.5. The average Bonchev–Trinajstić information content (AvgIpc) is 3.02. The molecule has 0 radical (unpaired) electrons. The third-order valence-electron chi connectivity index (χ3n) is 4.11. The summed E-state index contributed by atoms with van der Waals surface area (Å²) in [5.74, 6) is 1.12. The fourth-order valence-corrected chi connectivity index (χ4v) is 3.32. The molecule has 0 aliphatic carbocycles. The number of hydrogen-bond donors (Lipinski definition) is 0. The van der Waals surface area contributed by atoms with Crippen molar-refractivity contribution in [3.63, 3.8) is 0 Å². The van der Waals surface area contributed by atoms with Crippen molar-refractivity contribution in [2.75, 3.05) is 0 Å². The number of fused-ring (bicyclic) bond motifs is 4. The maximum Gasteiger partial charge on any atom is 0.267 e. The van der Waals surface area contributed by atoms with Crippen LogP contribution in [0.1, 0.15) is 0 Å². The molecule has 120 valence electrons. The van der Waals surface area contributed by atoms with Gasteiger partial charge in [0, 0.05) is 9.86 Å². The molecule has 0 amide bonds. The van der Waals surface area contributed by atoms with Crippen molar-refractivity contribution in [3.8, 4) is 11.6 Å². The predicted molar refractivity (Wildman–Crippen MR) is 101 cm³/mol. The van der Waals surface area contributed by atoms with Crippen LogP contribution >= 0.6 is 15.9 Å². The van der Waals surface area contributed by atoms with Crippen LogP contribution in [0.25, 0.3) is 32.8 Å². The lowest BCUT2D eigenvalue weighted by atomic mass is 10.1. The van der Waals surface area contributed by atoms with Gasteiger partial charge < -0.3 is 9.15 Å². The largest absolute Gasteiger partial charge is 0.449 e. The standard InChI is InChI=1S/C20H11BrN2O2/c21-14-7-5-13-10-15(8-6-12(13)9-14)24-20-19-18(22-11-23-20)16-3-1-2-4-17(16)25-19/h1-11H. The van der Waals surface area contributed by atoms with Crippen molar-refractivity contribution in [2.24, 2.45) is 0 Å². The summed E-state index contributed by atoms with van der Waals surface area (Å²) in [5.41, 5.74) is 2.08. The molecule has 0 N–H and O–H groups in total. The Morgan fingerprint density at radius 3 is 2.68 bits per heavy atom. The maximum atomic E-state index is 6.00. The smallest absolute Gasteiger partial charge is 0.267 e. The van der Waals surface area contributed by atoms with E-state index < -0.39 is 0 Å². The molecule has 25 heavy (non-hydrogen) atoms. The summed E-state index contributed by atoms with van der Waals surface area (Å²) in [4.78, 5) is 8.60. The van der Waals surface area contributed by atoms with Gasteiger partial charge in [0.15, 0.2) is 0 Å². The van der Waals surface area contributed by atoms with Crippen molar-refractivity contribution >= 4 is 48.8 Å². The average molecular weight is 391 g/mol. The first-order chi connectivity index (χ1) is 12.3. The molecule has 0 saturated heterocycles. The topological polar surface area (TPSA) is 48.2 Å². The highest BCUT2D eigenvalue weighted by atomic mass is 79.9. The first-order valence-electron chi connectivity index (χ1n) is 7.77. The van der Waals surface area contributed by atoms with Gasteiger partial charge in [0.1, 0.15) is 23.2 Å². The number of para-hydroxylation sites is 1. The summed E-state index contributed by atoms with van der Waals surface area (Å²) in [7, 11) is 0. The minimum Gasteiger partial charge on any atom is -0.449 e. The highest BCUT2D eigenvalue weighted by Gasteiger charge is 2.14. The molecular formula is C20H11BrN2O2. The van der Waals surface area contributed by atoms with E-state index >= 15 is 0 Å². The van der Waals surface area contributed by atoms with E-state index in [9.17, 15) is 0 Å². The third kappa shape index (κ3) is 2.44. The Bertz CT molecular complexity index is 1250. The number of benzene rings is 3. The number of halogens is 1. The number of nitrogens with zero attached hydrogens (tertiary/aromatic N) is 2. The van der Waals surface area contributed by atoms with Gasteiger partial charge in [-0.1, -0.05) is 40.2 Å². The van der Waals surface area contributed by atoms with Crippen LogP contribution in [-0.2, 0) is 0 Å². The molecule has 4 nitrogen and oxygen atoms in total. The van der Waals surface area contributed by atoms with E-state index in [2.05, 4.69) is 32.0 Å². The van der Waals surface area contributed by atoms with E-state index in [1.165, 1.54) is 6.33 Å². The first-order valence-corrected chi connectivity index (χ1v) is 8.57. The molecule has 3 aromatic carbocycles. The Balaban J connectivity index is 1.63. The molecule has 2 heterocycles. The minimum atomic E-state index is 0.415. The van der Waals surface area contributed by atoms with Crippen molar-refractivity contribution in [1.29, 1.82) is 0 Å². The van der Waals surface area contributed by atoms with Crippen LogP contribution in [0.5, 0.6) is 11.6 Å². The lowest BCUT2D eigenvalue weighted by Crippen LogP contribution is -1.89. The second-order valence-corrected chi connectivity index (χ2v) is 6.63. The molecular weight excluding hydrogens is 380 g/mol. The second-order valence-electron chi connectivity index (χ2n) is 5.71. The fourth-order valence-electron chi connectivity index (χ4n) is 2.95. The number of rotatable bonds is 2. The summed E-state index contributed by atoms with van der Waals surface area (Å²) in [6, 6.07) is 19.8. The quantitative estimate of drug-likeness (QED) is 0.366. The highest BCUT2D eigenvalue weighted by Crippen LogP contribution is 2.34. The number of ether oxygens (including phenoxy) is 1. The number of hydrogen-bond acceptors (Lipinski definition) is 4. The Kier molecular flexibility index (Phi) is 3.21. The number of aromatic nitrogens is 2. The molecule has 2 aromatic heterocycles. The molecule has 5 aromatic rings. The van der Waals surface area contributed by atoms with Crippen molar-refractivity contribution < 1.29 is 9.15 Å². The van der Waals surface area contributed by atoms with Gasteiger partial charge in [-0.25, -0.2) is 4.98 Å². The van der Waals surface area contributed by atoms with E-state index in [1.807, 2.05) is 54.6 Å². The monoisotopic (exact) mass is 390 g/mol. The number of furan rings is 1. The summed E-state index contributed by atoms with van der Waals surface area (Å²) < 4.78 is 13.0. The van der Waals surface area contributed by atoms with Gasteiger partial charge in [-0.05, 0) is 47.2 Å². The Hall–Kier alpha value is -2.92. The Labute approximate surface area is 151 Å². The van der Waals surface area contributed by atoms with E-state index in [1.54, 1.807) is 0 Å². The van der Waals surface area contributed by atoms with Gasteiger partial charge in [0.05, 0.1) is 0 Å².